The summed E-state index contributed by atoms with van der Waals surface area (Å²) in [6, 6.07) is 3.46. The second-order valence-corrected chi connectivity index (χ2v) is 4.71. The Morgan fingerprint density at radius 1 is 1.33 bits per heavy atom. The Balaban J connectivity index is 2.10. The van der Waals surface area contributed by atoms with Crippen molar-refractivity contribution in [1.29, 1.82) is 0 Å². The van der Waals surface area contributed by atoms with Crippen LogP contribution in [0.5, 0.6) is 0 Å². The molecule has 1 N–H and O–H groups in total. The van der Waals surface area contributed by atoms with Crippen LogP contribution in [0.2, 0.25) is 0 Å². The summed E-state index contributed by atoms with van der Waals surface area (Å²) in [7, 11) is 0. The Kier molecular flexibility index (Phi) is 3.63. The van der Waals surface area contributed by atoms with E-state index >= 15 is 0 Å². The summed E-state index contributed by atoms with van der Waals surface area (Å²) >= 11 is 0.461. The van der Waals surface area contributed by atoms with Crippen LogP contribution in [0.1, 0.15) is 21.6 Å². The Bertz CT molecular complexity index is 513. The molecule has 2 aromatic heterocycles. The third-order valence-electron chi connectivity index (χ3n) is 2.25. The number of hydrogen-bond donors (Lipinski definition) is 1. The largest absolute Gasteiger partial charge is 0.443 e. The molecule has 2 aromatic rings. The van der Waals surface area contributed by atoms with Crippen molar-refractivity contribution in [2.24, 2.45) is 0 Å². The summed E-state index contributed by atoms with van der Waals surface area (Å²) in [5.41, 5.74) is 0.756. The second-order valence-electron chi connectivity index (χ2n) is 3.65. The van der Waals surface area contributed by atoms with Crippen LogP contribution in [0.15, 0.2) is 30.7 Å². The van der Waals surface area contributed by atoms with Gasteiger partial charge in [-0.25, -0.2) is 4.98 Å². The van der Waals surface area contributed by atoms with E-state index in [0.29, 0.717) is 11.3 Å². The van der Waals surface area contributed by atoms with E-state index in [0.717, 1.165) is 11.8 Å². The number of hydrogen-bond acceptors (Lipinski definition) is 4. The first-order chi connectivity index (χ1) is 8.47. The van der Waals surface area contributed by atoms with Crippen molar-refractivity contribution in [2.75, 3.05) is 0 Å². The molecule has 0 saturated heterocycles. The topological polar surface area (TPSA) is 46.0 Å². The molecule has 0 aromatic carbocycles. The zero-order valence-electron chi connectivity index (χ0n) is 9.05. The molecule has 7 heteroatoms. The molecule has 0 aliphatic rings. The summed E-state index contributed by atoms with van der Waals surface area (Å²) in [5.74, 6) is 0. The molecular formula is C11H9F3N2OS. The summed E-state index contributed by atoms with van der Waals surface area (Å²) < 4.78 is 37.0. The number of aliphatic hydroxyl groups excluding tert-OH is 1. The van der Waals surface area contributed by atoms with Gasteiger partial charge in [-0.05, 0) is 11.6 Å². The van der Waals surface area contributed by atoms with E-state index in [1.807, 2.05) is 0 Å². The van der Waals surface area contributed by atoms with Gasteiger partial charge < -0.3 is 5.11 Å². The molecule has 1 atom stereocenters. The highest BCUT2D eigenvalue weighted by molar-refractivity contribution is 7.11. The van der Waals surface area contributed by atoms with E-state index in [4.69, 9.17) is 0 Å². The van der Waals surface area contributed by atoms with E-state index < -0.39 is 17.3 Å². The number of rotatable bonds is 3. The Labute approximate surface area is 105 Å². The maximum atomic E-state index is 12.3. The SMILES string of the molecule is OC(Cc1cccnc1)c1cnc(C(F)(F)F)s1. The minimum Gasteiger partial charge on any atom is -0.387 e. The second kappa shape index (κ2) is 5.03. The summed E-state index contributed by atoms with van der Waals surface area (Å²) in [6.07, 6.45) is -1.03. The van der Waals surface area contributed by atoms with Crippen LogP contribution in [0.25, 0.3) is 0 Å². The zero-order valence-corrected chi connectivity index (χ0v) is 9.87. The van der Waals surface area contributed by atoms with Crippen molar-refractivity contribution in [3.8, 4) is 0 Å². The molecule has 0 spiro atoms. The first-order valence-electron chi connectivity index (χ1n) is 5.06. The molecule has 18 heavy (non-hydrogen) atoms. The van der Waals surface area contributed by atoms with Crippen molar-refractivity contribution in [3.05, 3.63) is 46.2 Å². The van der Waals surface area contributed by atoms with Gasteiger partial charge in [-0.2, -0.15) is 13.2 Å². The smallest absolute Gasteiger partial charge is 0.387 e. The van der Waals surface area contributed by atoms with Crippen LogP contribution in [0.4, 0.5) is 13.2 Å². The molecule has 2 heterocycles. The van der Waals surface area contributed by atoms with E-state index in [-0.39, 0.29) is 11.3 Å². The molecule has 1 unspecified atom stereocenters. The maximum absolute atomic E-state index is 12.3. The third-order valence-corrected chi connectivity index (χ3v) is 3.39. The molecule has 3 nitrogen and oxygen atoms in total. The van der Waals surface area contributed by atoms with E-state index in [9.17, 15) is 18.3 Å². The van der Waals surface area contributed by atoms with Crippen LogP contribution in [-0.2, 0) is 12.6 Å². The number of aromatic nitrogens is 2. The summed E-state index contributed by atoms with van der Waals surface area (Å²) in [4.78, 5) is 7.34. The highest BCUT2D eigenvalue weighted by Gasteiger charge is 2.35. The summed E-state index contributed by atoms with van der Waals surface area (Å²) in [5, 5.41) is 8.89. The van der Waals surface area contributed by atoms with Crippen molar-refractivity contribution in [2.45, 2.75) is 18.7 Å². The lowest BCUT2D eigenvalue weighted by Crippen LogP contribution is -2.03. The quantitative estimate of drug-likeness (QED) is 0.936. The molecule has 0 aliphatic carbocycles. The molecule has 0 saturated carbocycles. The zero-order chi connectivity index (χ0) is 13.2. The highest BCUT2D eigenvalue weighted by atomic mass is 32.1. The Morgan fingerprint density at radius 3 is 2.67 bits per heavy atom. The fourth-order valence-electron chi connectivity index (χ4n) is 1.41. The molecule has 2 rings (SSSR count). The first-order valence-corrected chi connectivity index (χ1v) is 5.88. The van der Waals surface area contributed by atoms with Gasteiger partial charge in [-0.1, -0.05) is 6.07 Å². The van der Waals surface area contributed by atoms with Crippen LogP contribution in [-0.4, -0.2) is 15.1 Å². The van der Waals surface area contributed by atoms with Gasteiger partial charge in [0.15, 0.2) is 5.01 Å². The van der Waals surface area contributed by atoms with Gasteiger partial charge in [0, 0.05) is 25.0 Å². The monoisotopic (exact) mass is 274 g/mol. The van der Waals surface area contributed by atoms with E-state index in [1.54, 1.807) is 24.5 Å². The highest BCUT2D eigenvalue weighted by Crippen LogP contribution is 2.34. The molecule has 0 amide bonds. The van der Waals surface area contributed by atoms with Gasteiger partial charge in [0.25, 0.3) is 0 Å². The fourth-order valence-corrected chi connectivity index (χ4v) is 2.18. The average Bonchev–Trinajstić information content (AvgIpc) is 2.79. The Morgan fingerprint density at radius 2 is 2.11 bits per heavy atom. The first kappa shape index (κ1) is 13.0. The fraction of sp³-hybridized carbons (Fsp3) is 0.273. The number of thiazole rings is 1. The molecule has 0 radical (unpaired) electrons. The number of alkyl halides is 3. The lowest BCUT2D eigenvalue weighted by Gasteiger charge is -2.07. The number of pyridine rings is 1. The number of aliphatic hydroxyl groups is 1. The predicted octanol–water partition coefficient (Wildman–Crippen LogP) is 2.83. The van der Waals surface area contributed by atoms with E-state index in [2.05, 4.69) is 9.97 Å². The van der Waals surface area contributed by atoms with Crippen LogP contribution < -0.4 is 0 Å². The van der Waals surface area contributed by atoms with Crippen molar-refractivity contribution >= 4 is 11.3 Å². The van der Waals surface area contributed by atoms with Crippen molar-refractivity contribution in [1.82, 2.24) is 9.97 Å². The molecule has 0 bridgehead atoms. The number of halogens is 3. The van der Waals surface area contributed by atoms with Crippen molar-refractivity contribution < 1.29 is 18.3 Å². The van der Waals surface area contributed by atoms with Gasteiger partial charge in [0.05, 0.1) is 11.0 Å². The van der Waals surface area contributed by atoms with Gasteiger partial charge in [-0.3, -0.25) is 4.98 Å². The normalized spacial score (nSPS) is 13.6. The molecular weight excluding hydrogens is 265 g/mol. The Hall–Kier alpha value is -1.47. The molecule has 0 aliphatic heterocycles. The minimum atomic E-state index is -4.46. The maximum Gasteiger partial charge on any atom is 0.443 e. The van der Waals surface area contributed by atoms with Crippen LogP contribution in [0.3, 0.4) is 0 Å². The average molecular weight is 274 g/mol. The van der Waals surface area contributed by atoms with Gasteiger partial charge >= 0.3 is 6.18 Å². The third kappa shape index (κ3) is 3.05. The van der Waals surface area contributed by atoms with Gasteiger partial charge in [-0.15, -0.1) is 11.3 Å². The van der Waals surface area contributed by atoms with Crippen LogP contribution >= 0.6 is 11.3 Å². The standard InChI is InChI=1S/C11H9F3N2OS/c12-11(13,14)10-16-6-9(18-10)8(17)4-7-2-1-3-15-5-7/h1-3,5-6,8,17H,4H2. The molecule has 96 valence electrons. The van der Waals surface area contributed by atoms with Gasteiger partial charge in [0.2, 0.25) is 0 Å². The number of nitrogens with zero attached hydrogens (tertiary/aromatic N) is 2. The minimum absolute atomic E-state index is 0.200. The predicted molar refractivity (Wildman–Crippen MR) is 60.0 cm³/mol. The van der Waals surface area contributed by atoms with Crippen molar-refractivity contribution in [3.63, 3.8) is 0 Å². The van der Waals surface area contributed by atoms with Gasteiger partial charge in [0.1, 0.15) is 0 Å². The van der Waals surface area contributed by atoms with Crippen LogP contribution in [0, 0.1) is 0 Å². The molecule has 0 fully saturated rings. The lowest BCUT2D eigenvalue weighted by atomic mass is 10.1. The van der Waals surface area contributed by atoms with E-state index in [1.165, 1.54) is 0 Å². The summed E-state index contributed by atoms with van der Waals surface area (Å²) in [6.45, 7) is 0. The lowest BCUT2D eigenvalue weighted by molar-refractivity contribution is -0.137.